The van der Waals surface area contributed by atoms with E-state index in [1.165, 1.54) is 53.2 Å². The molecule has 0 fully saturated rings. The number of nitrogens with zero attached hydrogens (tertiary/aromatic N) is 3. The van der Waals surface area contributed by atoms with E-state index in [1.54, 1.807) is 13.8 Å². The topological polar surface area (TPSA) is 93.3 Å². The molecule has 0 atom stereocenters. The molecule has 3 aromatic rings. The predicted molar refractivity (Wildman–Crippen MR) is 96.1 cm³/mol. The maximum Gasteiger partial charge on any atom is 0.280 e. The Morgan fingerprint density at radius 3 is 2.35 bits per heavy atom. The molecule has 1 aromatic heterocycles. The van der Waals surface area contributed by atoms with Crippen molar-refractivity contribution in [2.75, 3.05) is 0 Å². The normalized spacial score (nSPS) is 11.6. The molecule has 0 aliphatic rings. The van der Waals surface area contributed by atoms with Crippen LogP contribution in [0.5, 0.6) is 0 Å². The first-order chi connectivity index (χ1) is 12.4. The van der Waals surface area contributed by atoms with E-state index in [1.807, 2.05) is 0 Å². The van der Waals surface area contributed by atoms with E-state index in [0.29, 0.717) is 28.3 Å². The summed E-state index contributed by atoms with van der Waals surface area (Å²) in [6.07, 6.45) is 0. The van der Waals surface area contributed by atoms with Crippen molar-refractivity contribution in [2.45, 2.75) is 13.8 Å². The van der Waals surface area contributed by atoms with Crippen molar-refractivity contribution in [1.82, 2.24) is 9.78 Å². The number of hydrogen-bond donors (Lipinski definition) is 1. The van der Waals surface area contributed by atoms with E-state index in [2.05, 4.69) is 10.1 Å². The van der Waals surface area contributed by atoms with E-state index in [9.17, 15) is 19.3 Å². The molecule has 0 amide bonds. The molecule has 3 rings (SSSR count). The van der Waals surface area contributed by atoms with E-state index in [-0.39, 0.29) is 17.1 Å². The maximum absolute atomic E-state index is 13.0. The van der Waals surface area contributed by atoms with Gasteiger partial charge in [-0.25, -0.2) is 9.07 Å². The Morgan fingerprint density at radius 1 is 1.15 bits per heavy atom. The highest BCUT2D eigenvalue weighted by Gasteiger charge is 2.16. The Morgan fingerprint density at radius 2 is 1.77 bits per heavy atom. The predicted octanol–water partition coefficient (Wildman–Crippen LogP) is 3.66. The second kappa shape index (κ2) is 6.75. The minimum Gasteiger partial charge on any atom is -0.295 e. The largest absolute Gasteiger partial charge is 0.295 e. The summed E-state index contributed by atoms with van der Waals surface area (Å²) in [5, 5.41) is 13.7. The zero-order chi connectivity index (χ0) is 18.8. The zero-order valence-corrected chi connectivity index (χ0v) is 14.1. The van der Waals surface area contributed by atoms with Crippen molar-refractivity contribution >= 4 is 17.1 Å². The molecule has 0 unspecified atom stereocenters. The number of H-pyrrole nitrogens is 1. The summed E-state index contributed by atoms with van der Waals surface area (Å²) >= 11 is 0. The summed E-state index contributed by atoms with van der Waals surface area (Å²) in [6, 6.07) is 11.3. The van der Waals surface area contributed by atoms with Gasteiger partial charge < -0.3 is 0 Å². The molecule has 0 saturated carbocycles. The molecule has 2 aromatic carbocycles. The number of nitro benzene ring substituents is 1. The van der Waals surface area contributed by atoms with Gasteiger partial charge in [-0.2, -0.15) is 0 Å². The van der Waals surface area contributed by atoms with Crippen LogP contribution in [0.3, 0.4) is 0 Å². The fourth-order valence-corrected chi connectivity index (χ4v) is 2.64. The lowest BCUT2D eigenvalue weighted by Crippen LogP contribution is -2.19. The van der Waals surface area contributed by atoms with Crippen molar-refractivity contribution in [3.05, 3.63) is 86.1 Å². The number of nitrogens with one attached hydrogen (secondary N) is 1. The van der Waals surface area contributed by atoms with Crippen LogP contribution in [-0.2, 0) is 0 Å². The Kier molecular flexibility index (Phi) is 4.49. The molecular formula is C18H15FN4O3. The van der Waals surface area contributed by atoms with Gasteiger partial charge in [0.15, 0.2) is 0 Å². The lowest BCUT2D eigenvalue weighted by Gasteiger charge is -2.00. The van der Waals surface area contributed by atoms with Gasteiger partial charge in [-0.1, -0.05) is 0 Å². The first-order valence-electron chi connectivity index (χ1n) is 7.74. The highest BCUT2D eigenvalue weighted by atomic mass is 19.1. The summed E-state index contributed by atoms with van der Waals surface area (Å²) in [6.45, 7) is 3.43. The van der Waals surface area contributed by atoms with Gasteiger partial charge in [0.1, 0.15) is 5.82 Å². The number of hydrogen-bond acceptors (Lipinski definition) is 4. The number of nitro groups is 1. The highest BCUT2D eigenvalue weighted by Crippen LogP contribution is 2.17. The standard InChI is InChI=1S/C18H15FN4O3/c1-11(20-14-5-3-13(19)4-6-14)17-12(2)21-22(18(17)24)15-7-9-16(10-8-15)23(25)26/h3-10,21H,1-2H3. The Balaban J connectivity index is 2.01. The monoisotopic (exact) mass is 354 g/mol. The van der Waals surface area contributed by atoms with Gasteiger partial charge in [-0.3, -0.25) is 25.0 Å². The molecule has 1 heterocycles. The summed E-state index contributed by atoms with van der Waals surface area (Å²) in [4.78, 5) is 27.4. The highest BCUT2D eigenvalue weighted by molar-refractivity contribution is 6.00. The van der Waals surface area contributed by atoms with Crippen molar-refractivity contribution in [2.24, 2.45) is 4.99 Å². The van der Waals surface area contributed by atoms with Crippen LogP contribution in [0.2, 0.25) is 0 Å². The van der Waals surface area contributed by atoms with Gasteiger partial charge in [0.25, 0.3) is 11.2 Å². The van der Waals surface area contributed by atoms with Crippen LogP contribution in [0, 0.1) is 22.9 Å². The van der Waals surface area contributed by atoms with E-state index >= 15 is 0 Å². The molecule has 8 heteroatoms. The number of aromatic nitrogens is 2. The number of aliphatic imine (C=N–C) groups is 1. The van der Waals surface area contributed by atoms with Crippen LogP contribution in [-0.4, -0.2) is 20.4 Å². The average Bonchev–Trinajstić information content (AvgIpc) is 2.91. The SMILES string of the molecule is CC(=Nc1ccc(F)cc1)c1c(C)[nH]n(-c2ccc([N+](=O)[O-])cc2)c1=O. The molecule has 7 nitrogen and oxygen atoms in total. The second-order valence-electron chi connectivity index (χ2n) is 5.70. The molecular weight excluding hydrogens is 339 g/mol. The van der Waals surface area contributed by atoms with Crippen molar-refractivity contribution in [1.29, 1.82) is 0 Å². The Bertz CT molecular complexity index is 1050. The zero-order valence-electron chi connectivity index (χ0n) is 14.1. The smallest absolute Gasteiger partial charge is 0.280 e. The number of aryl methyl sites for hydroxylation is 1. The maximum atomic E-state index is 13.0. The number of aromatic amines is 1. The number of rotatable bonds is 4. The van der Waals surface area contributed by atoms with Crippen LogP contribution in [0.1, 0.15) is 18.2 Å². The van der Waals surface area contributed by atoms with E-state index in [0.717, 1.165) is 0 Å². The van der Waals surface area contributed by atoms with Gasteiger partial charge in [0.2, 0.25) is 0 Å². The van der Waals surface area contributed by atoms with Gasteiger partial charge in [-0.05, 0) is 50.2 Å². The van der Waals surface area contributed by atoms with Gasteiger partial charge in [0.05, 0.1) is 27.6 Å². The summed E-state index contributed by atoms with van der Waals surface area (Å²) < 4.78 is 14.3. The minimum atomic E-state index is -0.503. The van der Waals surface area contributed by atoms with Gasteiger partial charge in [-0.15, -0.1) is 0 Å². The number of halogens is 1. The summed E-state index contributed by atoms with van der Waals surface area (Å²) in [7, 11) is 0. The molecule has 1 N–H and O–H groups in total. The summed E-state index contributed by atoms with van der Waals surface area (Å²) in [5.41, 5.74) is 2.12. The van der Waals surface area contributed by atoms with Crippen LogP contribution < -0.4 is 5.56 Å². The second-order valence-corrected chi connectivity index (χ2v) is 5.70. The first-order valence-corrected chi connectivity index (χ1v) is 7.74. The molecule has 0 bridgehead atoms. The average molecular weight is 354 g/mol. The lowest BCUT2D eigenvalue weighted by molar-refractivity contribution is -0.384. The van der Waals surface area contributed by atoms with Crippen LogP contribution >= 0.6 is 0 Å². The fraction of sp³-hybridized carbons (Fsp3) is 0.111. The van der Waals surface area contributed by atoms with E-state index < -0.39 is 4.92 Å². The third-order valence-corrected chi connectivity index (χ3v) is 3.88. The molecule has 0 radical (unpaired) electrons. The number of benzene rings is 2. The molecule has 0 spiro atoms. The van der Waals surface area contributed by atoms with Gasteiger partial charge >= 0.3 is 0 Å². The minimum absolute atomic E-state index is 0.0562. The van der Waals surface area contributed by atoms with Crippen molar-refractivity contribution < 1.29 is 9.31 Å². The van der Waals surface area contributed by atoms with Gasteiger partial charge in [0, 0.05) is 17.8 Å². The first kappa shape index (κ1) is 17.3. The van der Waals surface area contributed by atoms with Crippen LogP contribution in [0.15, 0.2) is 58.3 Å². The molecule has 0 saturated heterocycles. The Hall–Kier alpha value is -3.55. The third kappa shape index (κ3) is 3.30. The van der Waals surface area contributed by atoms with E-state index in [4.69, 9.17) is 0 Å². The van der Waals surface area contributed by atoms with Crippen molar-refractivity contribution in [3.8, 4) is 5.69 Å². The van der Waals surface area contributed by atoms with Crippen molar-refractivity contribution in [3.63, 3.8) is 0 Å². The fourth-order valence-electron chi connectivity index (χ4n) is 2.64. The quantitative estimate of drug-likeness (QED) is 0.440. The lowest BCUT2D eigenvalue weighted by atomic mass is 10.1. The summed E-state index contributed by atoms with van der Waals surface area (Å²) in [5.74, 6) is -0.361. The molecule has 26 heavy (non-hydrogen) atoms. The molecule has 132 valence electrons. The third-order valence-electron chi connectivity index (χ3n) is 3.88. The Labute approximate surface area is 147 Å². The number of non-ortho nitro benzene ring substituents is 1. The van der Waals surface area contributed by atoms with Crippen LogP contribution in [0.25, 0.3) is 5.69 Å². The van der Waals surface area contributed by atoms with Crippen LogP contribution in [0.4, 0.5) is 15.8 Å². The molecule has 0 aliphatic heterocycles. The molecule has 0 aliphatic carbocycles.